The van der Waals surface area contributed by atoms with Crippen molar-refractivity contribution in [1.29, 1.82) is 5.26 Å². The molecule has 0 radical (unpaired) electrons. The van der Waals surface area contributed by atoms with Gasteiger partial charge in [0.15, 0.2) is 0 Å². The maximum absolute atomic E-state index is 12.7. The number of ether oxygens (including phenoxy) is 1. The van der Waals surface area contributed by atoms with Gasteiger partial charge in [0.25, 0.3) is 0 Å². The van der Waals surface area contributed by atoms with Gasteiger partial charge in [0.05, 0.1) is 24.0 Å². The van der Waals surface area contributed by atoms with Crippen molar-refractivity contribution >= 4 is 11.8 Å². The third kappa shape index (κ3) is 4.48. The van der Waals surface area contributed by atoms with Crippen LogP contribution in [0.5, 0.6) is 0 Å². The molecular formula is C21H25NO3. The average Bonchev–Trinajstić information content (AvgIpc) is 2.85. The van der Waals surface area contributed by atoms with E-state index >= 15 is 0 Å². The number of carbonyl (C=O) groups is 2. The minimum atomic E-state index is -0.498. The highest BCUT2D eigenvalue weighted by atomic mass is 16.6. The number of cyclic esters (lactones) is 1. The first-order chi connectivity index (χ1) is 12.2. The van der Waals surface area contributed by atoms with Crippen LogP contribution < -0.4 is 0 Å². The lowest BCUT2D eigenvalue weighted by Crippen LogP contribution is -2.19. The molecule has 0 N–H and O–H groups in total. The van der Waals surface area contributed by atoms with Crippen LogP contribution in [0.2, 0.25) is 0 Å². The van der Waals surface area contributed by atoms with E-state index in [0.717, 1.165) is 12.0 Å². The number of nitriles is 1. The largest absolute Gasteiger partial charge is 0.457 e. The maximum Gasteiger partial charge on any atom is 0.307 e. The van der Waals surface area contributed by atoms with Gasteiger partial charge in [-0.2, -0.15) is 5.26 Å². The highest BCUT2D eigenvalue weighted by molar-refractivity contribution is 5.88. The Balaban J connectivity index is 1.62. The molecule has 0 bridgehead atoms. The van der Waals surface area contributed by atoms with Gasteiger partial charge in [-0.3, -0.25) is 9.59 Å². The summed E-state index contributed by atoms with van der Waals surface area (Å²) < 4.78 is 5.42. The Hall–Kier alpha value is -2.15. The second-order valence-corrected chi connectivity index (χ2v) is 7.32. The van der Waals surface area contributed by atoms with Crippen molar-refractivity contribution in [2.75, 3.05) is 0 Å². The Morgan fingerprint density at radius 2 is 1.80 bits per heavy atom. The van der Waals surface area contributed by atoms with Gasteiger partial charge in [0.1, 0.15) is 11.9 Å². The van der Waals surface area contributed by atoms with Crippen LogP contribution >= 0.6 is 0 Å². The fourth-order valence-electron chi connectivity index (χ4n) is 4.07. The number of esters is 1. The zero-order chi connectivity index (χ0) is 17.6. The Bertz CT molecular complexity index is 651. The van der Waals surface area contributed by atoms with Crippen LogP contribution in [0.15, 0.2) is 24.3 Å². The second-order valence-electron chi connectivity index (χ2n) is 7.32. The summed E-state index contributed by atoms with van der Waals surface area (Å²) >= 11 is 0. The van der Waals surface area contributed by atoms with E-state index in [2.05, 4.69) is 6.07 Å². The third-order valence-electron chi connectivity index (χ3n) is 5.57. The molecule has 0 amide bonds. The van der Waals surface area contributed by atoms with E-state index in [1.807, 2.05) is 0 Å². The number of rotatable bonds is 5. The molecular weight excluding hydrogens is 314 g/mol. The van der Waals surface area contributed by atoms with Crippen molar-refractivity contribution in [2.24, 2.45) is 11.8 Å². The van der Waals surface area contributed by atoms with Crippen LogP contribution in [0.1, 0.15) is 75.0 Å². The zero-order valence-corrected chi connectivity index (χ0v) is 14.6. The summed E-state index contributed by atoms with van der Waals surface area (Å²) in [5.74, 6) is 0.107. The number of Topliss-reactive ketones (excluding diaryl/α,β-unsaturated/α-hetero) is 1. The fourth-order valence-corrected chi connectivity index (χ4v) is 4.07. The molecule has 1 aromatic rings. The van der Waals surface area contributed by atoms with Crippen molar-refractivity contribution in [3.8, 4) is 6.07 Å². The maximum atomic E-state index is 12.7. The van der Waals surface area contributed by atoms with E-state index in [9.17, 15) is 9.59 Å². The van der Waals surface area contributed by atoms with E-state index < -0.39 is 6.10 Å². The normalized spacial score (nSPS) is 24.4. The predicted molar refractivity (Wildman–Crippen MR) is 93.5 cm³/mol. The number of hydrogen-bond donors (Lipinski definition) is 0. The summed E-state index contributed by atoms with van der Waals surface area (Å²) in [6.07, 6.45) is 8.79. The first-order valence-corrected chi connectivity index (χ1v) is 9.39. The van der Waals surface area contributed by atoms with E-state index in [1.165, 1.54) is 38.5 Å². The molecule has 2 fully saturated rings. The SMILES string of the molecule is N#Cc1ccc([C@H]2OC(=O)C[C@@H]2C(=O)CCC2CCCCCC2)cc1. The number of benzene rings is 1. The fraction of sp³-hybridized carbons (Fsp3) is 0.571. The molecule has 1 heterocycles. The molecule has 0 aromatic heterocycles. The summed E-state index contributed by atoms with van der Waals surface area (Å²) in [7, 11) is 0. The van der Waals surface area contributed by atoms with Gasteiger partial charge >= 0.3 is 5.97 Å². The Morgan fingerprint density at radius 1 is 1.12 bits per heavy atom. The molecule has 0 spiro atoms. The number of nitrogens with zero attached hydrogens (tertiary/aromatic N) is 1. The molecule has 3 rings (SSSR count). The molecule has 1 aromatic carbocycles. The van der Waals surface area contributed by atoms with E-state index in [0.29, 0.717) is 17.9 Å². The smallest absolute Gasteiger partial charge is 0.307 e. The number of hydrogen-bond acceptors (Lipinski definition) is 4. The van der Waals surface area contributed by atoms with Gasteiger partial charge in [-0.15, -0.1) is 0 Å². The third-order valence-corrected chi connectivity index (χ3v) is 5.57. The van der Waals surface area contributed by atoms with Crippen molar-refractivity contribution < 1.29 is 14.3 Å². The van der Waals surface area contributed by atoms with E-state index in [-0.39, 0.29) is 24.1 Å². The molecule has 4 heteroatoms. The Labute approximate surface area is 149 Å². The molecule has 2 aliphatic rings. The van der Waals surface area contributed by atoms with E-state index in [1.54, 1.807) is 24.3 Å². The van der Waals surface area contributed by atoms with Crippen LogP contribution in [0, 0.1) is 23.2 Å². The van der Waals surface area contributed by atoms with E-state index in [4.69, 9.17) is 10.00 Å². The lowest BCUT2D eigenvalue weighted by Gasteiger charge is -2.19. The van der Waals surface area contributed by atoms with Gasteiger partial charge in [0, 0.05) is 6.42 Å². The highest BCUT2D eigenvalue weighted by Gasteiger charge is 2.40. The minimum absolute atomic E-state index is 0.143. The minimum Gasteiger partial charge on any atom is -0.457 e. The van der Waals surface area contributed by atoms with Gasteiger partial charge in [-0.25, -0.2) is 0 Å². The quantitative estimate of drug-likeness (QED) is 0.586. The lowest BCUT2D eigenvalue weighted by molar-refractivity contribution is -0.141. The van der Waals surface area contributed by atoms with Crippen LogP contribution in [0.25, 0.3) is 0 Å². The number of carbonyl (C=O) groups excluding carboxylic acids is 2. The average molecular weight is 339 g/mol. The molecule has 25 heavy (non-hydrogen) atoms. The van der Waals surface area contributed by atoms with Crippen molar-refractivity contribution in [3.63, 3.8) is 0 Å². The highest BCUT2D eigenvalue weighted by Crippen LogP contribution is 2.37. The van der Waals surface area contributed by atoms with Gasteiger partial charge in [-0.1, -0.05) is 50.7 Å². The zero-order valence-electron chi connectivity index (χ0n) is 14.6. The van der Waals surface area contributed by atoms with Gasteiger partial charge in [0.2, 0.25) is 0 Å². The first kappa shape index (κ1) is 17.7. The summed E-state index contributed by atoms with van der Waals surface area (Å²) in [4.78, 5) is 24.5. The number of ketones is 1. The van der Waals surface area contributed by atoms with Crippen LogP contribution in [-0.4, -0.2) is 11.8 Å². The van der Waals surface area contributed by atoms with Gasteiger partial charge in [-0.05, 0) is 30.0 Å². The van der Waals surface area contributed by atoms with Crippen molar-refractivity contribution in [3.05, 3.63) is 35.4 Å². The molecule has 0 unspecified atom stereocenters. The molecule has 2 atom stereocenters. The molecule has 1 aliphatic carbocycles. The van der Waals surface area contributed by atoms with Crippen molar-refractivity contribution in [2.45, 2.75) is 63.9 Å². The summed E-state index contributed by atoms with van der Waals surface area (Å²) in [6, 6.07) is 9.05. The van der Waals surface area contributed by atoms with Crippen LogP contribution in [0.3, 0.4) is 0 Å². The monoisotopic (exact) mass is 339 g/mol. The molecule has 1 saturated carbocycles. The lowest BCUT2D eigenvalue weighted by atomic mass is 9.86. The predicted octanol–water partition coefficient (Wildman–Crippen LogP) is 4.48. The second kappa shape index (κ2) is 8.29. The van der Waals surface area contributed by atoms with Crippen LogP contribution in [-0.2, 0) is 14.3 Å². The standard InChI is InChI=1S/C21H25NO3/c22-14-16-7-10-17(11-8-16)21-18(13-20(24)25-21)19(23)12-9-15-5-3-1-2-4-6-15/h7-8,10-11,15,18,21H,1-6,9,12-13H2/t18-,21-/m1/s1. The Kier molecular flexibility index (Phi) is 5.86. The summed E-state index contributed by atoms with van der Waals surface area (Å²) in [5.41, 5.74) is 1.36. The molecule has 4 nitrogen and oxygen atoms in total. The Morgan fingerprint density at radius 3 is 2.44 bits per heavy atom. The van der Waals surface area contributed by atoms with Gasteiger partial charge < -0.3 is 4.74 Å². The summed E-state index contributed by atoms with van der Waals surface area (Å²) in [6.45, 7) is 0. The van der Waals surface area contributed by atoms with Crippen LogP contribution in [0.4, 0.5) is 0 Å². The summed E-state index contributed by atoms with van der Waals surface area (Å²) in [5, 5.41) is 8.90. The molecule has 1 saturated heterocycles. The first-order valence-electron chi connectivity index (χ1n) is 9.39. The molecule has 1 aliphatic heterocycles. The van der Waals surface area contributed by atoms with Crippen molar-refractivity contribution in [1.82, 2.24) is 0 Å². The topological polar surface area (TPSA) is 67.2 Å². The molecule has 132 valence electrons.